The van der Waals surface area contributed by atoms with Crippen LogP contribution >= 0.6 is 11.6 Å². The lowest BCUT2D eigenvalue weighted by molar-refractivity contribution is 0.0942. The van der Waals surface area contributed by atoms with Crippen LogP contribution in [-0.4, -0.2) is 15.9 Å². The summed E-state index contributed by atoms with van der Waals surface area (Å²) >= 11 is 5.92. The zero-order valence-corrected chi connectivity index (χ0v) is 15.3. The van der Waals surface area contributed by atoms with Gasteiger partial charge in [0.1, 0.15) is 5.69 Å². The lowest BCUT2D eigenvalue weighted by Crippen LogP contribution is -2.23. The first kappa shape index (κ1) is 17.2. The van der Waals surface area contributed by atoms with E-state index in [1.165, 1.54) is 0 Å². The van der Waals surface area contributed by atoms with Gasteiger partial charge in [0.15, 0.2) is 5.76 Å². The number of para-hydroxylation sites is 1. The Labute approximate surface area is 161 Å². The van der Waals surface area contributed by atoms with E-state index in [1.807, 2.05) is 49.4 Å². The van der Waals surface area contributed by atoms with Crippen molar-refractivity contribution in [3.05, 3.63) is 83.0 Å². The fourth-order valence-corrected chi connectivity index (χ4v) is 2.96. The van der Waals surface area contributed by atoms with Crippen molar-refractivity contribution in [2.45, 2.75) is 13.5 Å². The molecule has 134 valence electrons. The van der Waals surface area contributed by atoms with Gasteiger partial charge in [-0.15, -0.1) is 0 Å². The predicted octanol–water partition coefficient (Wildman–Crippen LogP) is 4.78. The SMILES string of the molecule is Cc1nc(CNC(=O)c2ccc3ccccc3n2)oc1-c1ccc(Cl)cc1. The lowest BCUT2D eigenvalue weighted by Gasteiger charge is -2.04. The van der Waals surface area contributed by atoms with Crippen LogP contribution in [0.3, 0.4) is 0 Å². The summed E-state index contributed by atoms with van der Waals surface area (Å²) in [6.45, 7) is 2.05. The maximum absolute atomic E-state index is 12.4. The third-order valence-electron chi connectivity index (χ3n) is 4.18. The summed E-state index contributed by atoms with van der Waals surface area (Å²) in [6.07, 6.45) is 0. The summed E-state index contributed by atoms with van der Waals surface area (Å²) in [4.78, 5) is 21.2. The molecule has 2 aromatic heterocycles. The molecule has 2 heterocycles. The molecule has 0 aliphatic heterocycles. The van der Waals surface area contributed by atoms with E-state index in [4.69, 9.17) is 16.0 Å². The van der Waals surface area contributed by atoms with E-state index in [2.05, 4.69) is 15.3 Å². The van der Waals surface area contributed by atoms with E-state index in [0.717, 1.165) is 22.2 Å². The van der Waals surface area contributed by atoms with Crippen molar-refractivity contribution < 1.29 is 9.21 Å². The first-order valence-electron chi connectivity index (χ1n) is 8.46. The second kappa shape index (κ2) is 7.21. The number of amides is 1. The van der Waals surface area contributed by atoms with Gasteiger partial charge in [-0.2, -0.15) is 0 Å². The molecule has 0 unspecified atom stereocenters. The minimum absolute atomic E-state index is 0.182. The van der Waals surface area contributed by atoms with Crippen molar-refractivity contribution >= 4 is 28.4 Å². The number of nitrogens with zero attached hydrogens (tertiary/aromatic N) is 2. The maximum atomic E-state index is 12.4. The minimum atomic E-state index is -0.273. The molecule has 27 heavy (non-hydrogen) atoms. The first-order chi connectivity index (χ1) is 13.1. The van der Waals surface area contributed by atoms with E-state index in [-0.39, 0.29) is 12.5 Å². The number of carbonyl (C=O) groups excluding carboxylic acids is 1. The molecule has 0 fully saturated rings. The van der Waals surface area contributed by atoms with Crippen molar-refractivity contribution in [1.82, 2.24) is 15.3 Å². The largest absolute Gasteiger partial charge is 0.438 e. The Morgan fingerprint density at radius 3 is 2.63 bits per heavy atom. The average molecular weight is 378 g/mol. The van der Waals surface area contributed by atoms with Crippen molar-refractivity contribution in [2.24, 2.45) is 0 Å². The summed E-state index contributed by atoms with van der Waals surface area (Å²) in [5, 5.41) is 4.45. The molecule has 0 aliphatic rings. The molecule has 4 aromatic rings. The highest BCUT2D eigenvalue weighted by atomic mass is 35.5. The number of aryl methyl sites for hydroxylation is 1. The van der Waals surface area contributed by atoms with Crippen LogP contribution in [0, 0.1) is 6.92 Å². The highest BCUT2D eigenvalue weighted by molar-refractivity contribution is 6.30. The molecular weight excluding hydrogens is 362 g/mol. The van der Waals surface area contributed by atoms with E-state index >= 15 is 0 Å². The number of fused-ring (bicyclic) bond motifs is 1. The number of benzene rings is 2. The third-order valence-corrected chi connectivity index (χ3v) is 4.43. The van der Waals surface area contributed by atoms with Crippen LogP contribution in [0.15, 0.2) is 65.1 Å². The van der Waals surface area contributed by atoms with E-state index in [0.29, 0.717) is 22.4 Å². The predicted molar refractivity (Wildman–Crippen MR) is 105 cm³/mol. The van der Waals surface area contributed by atoms with Gasteiger partial charge in [-0.05, 0) is 43.3 Å². The molecule has 0 radical (unpaired) electrons. The van der Waals surface area contributed by atoms with Crippen molar-refractivity contribution in [3.63, 3.8) is 0 Å². The van der Waals surface area contributed by atoms with Crippen LogP contribution in [0.4, 0.5) is 0 Å². The van der Waals surface area contributed by atoms with Crippen LogP contribution in [0.1, 0.15) is 22.1 Å². The van der Waals surface area contributed by atoms with Crippen molar-refractivity contribution in [2.75, 3.05) is 0 Å². The molecule has 5 nitrogen and oxygen atoms in total. The van der Waals surface area contributed by atoms with E-state index < -0.39 is 0 Å². The molecule has 0 aliphatic carbocycles. The highest BCUT2D eigenvalue weighted by Gasteiger charge is 2.14. The summed E-state index contributed by atoms with van der Waals surface area (Å²) in [7, 11) is 0. The van der Waals surface area contributed by atoms with Crippen LogP contribution in [-0.2, 0) is 6.54 Å². The Balaban J connectivity index is 1.48. The van der Waals surface area contributed by atoms with Gasteiger partial charge < -0.3 is 9.73 Å². The maximum Gasteiger partial charge on any atom is 0.270 e. The Bertz CT molecular complexity index is 1120. The number of hydrogen-bond donors (Lipinski definition) is 1. The second-order valence-electron chi connectivity index (χ2n) is 6.10. The van der Waals surface area contributed by atoms with E-state index in [1.54, 1.807) is 18.2 Å². The van der Waals surface area contributed by atoms with Crippen LogP contribution in [0.25, 0.3) is 22.2 Å². The summed E-state index contributed by atoms with van der Waals surface area (Å²) < 4.78 is 5.81. The summed E-state index contributed by atoms with van der Waals surface area (Å²) in [5.41, 5.74) is 2.78. The van der Waals surface area contributed by atoms with Crippen molar-refractivity contribution in [3.8, 4) is 11.3 Å². The Morgan fingerprint density at radius 1 is 1.04 bits per heavy atom. The monoisotopic (exact) mass is 377 g/mol. The quantitative estimate of drug-likeness (QED) is 0.555. The highest BCUT2D eigenvalue weighted by Crippen LogP contribution is 2.25. The number of hydrogen-bond acceptors (Lipinski definition) is 4. The molecule has 0 saturated heterocycles. The Morgan fingerprint density at radius 2 is 1.81 bits per heavy atom. The van der Waals surface area contributed by atoms with Crippen LogP contribution in [0.2, 0.25) is 5.02 Å². The number of rotatable bonds is 4. The van der Waals surface area contributed by atoms with Crippen LogP contribution < -0.4 is 5.32 Å². The average Bonchev–Trinajstić information content (AvgIpc) is 3.07. The zero-order chi connectivity index (χ0) is 18.8. The van der Waals surface area contributed by atoms with Gasteiger partial charge in [0.2, 0.25) is 5.89 Å². The Hall–Kier alpha value is -3.18. The number of aromatic nitrogens is 2. The molecule has 1 amide bonds. The third kappa shape index (κ3) is 3.68. The topological polar surface area (TPSA) is 68.0 Å². The standard InChI is InChI=1S/C21H16ClN3O2/c1-13-20(15-6-9-16(22)10-7-15)27-19(24-13)12-23-21(26)18-11-8-14-4-2-3-5-17(14)25-18/h2-11H,12H2,1H3,(H,23,26). The fourth-order valence-electron chi connectivity index (χ4n) is 2.84. The number of nitrogens with one attached hydrogen (secondary N) is 1. The number of oxazole rings is 1. The molecule has 0 spiro atoms. The van der Waals surface area contributed by atoms with Gasteiger partial charge in [-0.3, -0.25) is 4.79 Å². The van der Waals surface area contributed by atoms with E-state index in [9.17, 15) is 4.79 Å². The minimum Gasteiger partial charge on any atom is -0.438 e. The van der Waals surface area contributed by atoms with Gasteiger partial charge in [0.25, 0.3) is 5.91 Å². The summed E-state index contributed by atoms with van der Waals surface area (Å²) in [5.74, 6) is 0.830. The second-order valence-corrected chi connectivity index (χ2v) is 6.54. The molecule has 2 aromatic carbocycles. The van der Waals surface area contributed by atoms with Crippen molar-refractivity contribution in [1.29, 1.82) is 0 Å². The smallest absolute Gasteiger partial charge is 0.270 e. The molecule has 0 bridgehead atoms. The van der Waals surface area contributed by atoms with Gasteiger partial charge in [0, 0.05) is 16.0 Å². The first-order valence-corrected chi connectivity index (χ1v) is 8.84. The molecule has 1 N–H and O–H groups in total. The molecule has 6 heteroatoms. The Kier molecular flexibility index (Phi) is 4.60. The number of carbonyl (C=O) groups is 1. The molecule has 0 saturated carbocycles. The summed E-state index contributed by atoms with van der Waals surface area (Å²) in [6, 6.07) is 18.6. The molecule has 4 rings (SSSR count). The fraction of sp³-hybridized carbons (Fsp3) is 0.0952. The van der Waals surface area contributed by atoms with Gasteiger partial charge in [-0.25, -0.2) is 9.97 Å². The van der Waals surface area contributed by atoms with Gasteiger partial charge >= 0.3 is 0 Å². The normalized spacial score (nSPS) is 10.9. The lowest BCUT2D eigenvalue weighted by atomic mass is 10.1. The number of pyridine rings is 1. The molecular formula is C21H16ClN3O2. The van der Waals surface area contributed by atoms with Gasteiger partial charge in [0.05, 0.1) is 17.8 Å². The number of halogens is 1. The van der Waals surface area contributed by atoms with Gasteiger partial charge in [-0.1, -0.05) is 35.9 Å². The molecule has 0 atom stereocenters. The van der Waals surface area contributed by atoms with Crippen LogP contribution in [0.5, 0.6) is 0 Å². The zero-order valence-electron chi connectivity index (χ0n) is 14.6.